The van der Waals surface area contributed by atoms with E-state index in [9.17, 15) is 9.90 Å². The number of hydroxylamine groups is 2. The normalized spacial score (nSPS) is 14.1. The van der Waals surface area contributed by atoms with Gasteiger partial charge in [-0.05, 0) is 44.1 Å². The Bertz CT molecular complexity index is 709. The molecule has 1 N–H and O–H groups in total. The van der Waals surface area contributed by atoms with Gasteiger partial charge < -0.3 is 24.9 Å². The summed E-state index contributed by atoms with van der Waals surface area (Å²) in [6.45, 7) is 10.1. The monoisotopic (exact) mass is 463 g/mol. The first-order valence-corrected chi connectivity index (χ1v) is 7.93. The molecule has 11 heteroatoms. The third kappa shape index (κ3) is 10.2. The van der Waals surface area contributed by atoms with E-state index in [0.29, 0.717) is 29.5 Å². The number of amides is 1. The average molecular weight is 464 g/mol. The molecule has 0 unspecified atom stereocenters. The maximum atomic E-state index is 12.2. The summed E-state index contributed by atoms with van der Waals surface area (Å²) in [6, 6.07) is 3.01. The zero-order valence-electron chi connectivity index (χ0n) is 16.7. The van der Waals surface area contributed by atoms with Crippen molar-refractivity contribution in [3.8, 4) is 11.5 Å². The fourth-order valence-corrected chi connectivity index (χ4v) is 2.21. The predicted octanol–water partition coefficient (Wildman–Crippen LogP) is -5.14. The van der Waals surface area contributed by atoms with Crippen LogP contribution in [0.1, 0.15) is 26.3 Å². The van der Waals surface area contributed by atoms with Crippen LogP contribution in [0.25, 0.3) is 0 Å². The van der Waals surface area contributed by atoms with Gasteiger partial charge in [-0.25, -0.2) is 5.06 Å². The molecule has 1 fully saturated rings. The van der Waals surface area contributed by atoms with Gasteiger partial charge in [0, 0.05) is 11.1 Å². The molecule has 1 aromatic rings. The van der Waals surface area contributed by atoms with Crippen LogP contribution in [0.3, 0.4) is 0 Å². The minimum absolute atomic E-state index is 0. The van der Waals surface area contributed by atoms with Crippen LogP contribution in [-0.2, 0) is 16.2 Å². The summed E-state index contributed by atoms with van der Waals surface area (Å²) in [7, 11) is 0. The molecule has 0 aromatic heterocycles. The zero-order chi connectivity index (χ0) is 20.1. The summed E-state index contributed by atoms with van der Waals surface area (Å²) in [5.41, 5.74) is 0.931. The van der Waals surface area contributed by atoms with Crippen molar-refractivity contribution >= 4 is 23.7 Å². The van der Waals surface area contributed by atoms with Crippen LogP contribution in [0.5, 0.6) is 11.5 Å². The van der Waals surface area contributed by atoms with Gasteiger partial charge in [0.15, 0.2) is 11.5 Å². The maximum Gasteiger partial charge on any atom is 1.00 e. The molecule has 28 heavy (non-hydrogen) atoms. The fraction of sp³-hybridized carbons (Fsp3) is 0.412. The van der Waals surface area contributed by atoms with E-state index in [4.69, 9.17) is 36.2 Å². The largest absolute Gasteiger partial charge is 1.00 e. The number of nitrogens with zero attached hydrogens (tertiary/aromatic N) is 1. The predicted molar refractivity (Wildman–Crippen MR) is 89.1 cm³/mol. The van der Waals surface area contributed by atoms with E-state index in [2.05, 4.69) is 6.58 Å². The first-order valence-electron chi connectivity index (χ1n) is 7.55. The van der Waals surface area contributed by atoms with E-state index in [1.807, 2.05) is 20.8 Å². The van der Waals surface area contributed by atoms with Gasteiger partial charge >= 0.3 is 103 Å². The minimum Gasteiger partial charge on any atom is -0.652 e. The Hall–Kier alpha value is 0.823. The van der Waals surface area contributed by atoms with E-state index in [-0.39, 0.29) is 121 Å². The Labute approximate surface area is 254 Å². The maximum absolute atomic E-state index is 12.2. The van der Waals surface area contributed by atoms with Gasteiger partial charge in [0.1, 0.15) is 6.61 Å². The van der Waals surface area contributed by atoms with Crippen LogP contribution >= 0.6 is 11.6 Å². The number of carbonyl (C=O) groups excluding carboxylic acids is 2. The van der Waals surface area contributed by atoms with Crippen molar-refractivity contribution in [2.24, 2.45) is 5.41 Å². The van der Waals surface area contributed by atoms with Crippen LogP contribution < -0.4 is 118 Å². The second-order valence-electron chi connectivity index (χ2n) is 6.41. The number of hydrogen-bond donors (Lipinski definition) is 1. The number of phenols is 1. The molecule has 1 saturated heterocycles. The van der Waals surface area contributed by atoms with Crippen LogP contribution in [0.2, 0.25) is 5.02 Å². The number of rotatable bonds is 5. The molecule has 1 aromatic carbocycles. The van der Waals surface area contributed by atoms with Crippen LogP contribution in [0, 0.1) is 5.41 Å². The molecule has 0 atom stereocenters. The molecule has 0 bridgehead atoms. The Morgan fingerprint density at radius 1 is 1.39 bits per heavy atom. The van der Waals surface area contributed by atoms with Crippen molar-refractivity contribution in [1.82, 2.24) is 5.06 Å². The number of halogens is 1. The standard InChI is InChI=1S/C16H20ClNO4.CH2O3.2K/c1-10(2)8-21-14-5-11(12(17)6-13(14)19)7-18-15(20)16(3,4)9-22-18;2-1(3)4;;/h5-6,19H,1,7-9H2,2-4H3;(H2,2,3,4);;/q;;2*+1/p-2. The topological polar surface area (TPSA) is 122 Å². The van der Waals surface area contributed by atoms with Crippen molar-refractivity contribution in [1.29, 1.82) is 0 Å². The number of phenolic OH excluding ortho intramolecular Hbond substituents is 1. The van der Waals surface area contributed by atoms with Crippen molar-refractivity contribution < 1.29 is 137 Å². The van der Waals surface area contributed by atoms with Gasteiger partial charge in [-0.1, -0.05) is 18.2 Å². The number of carboxylic acid groups (broad SMARTS) is 2. The molecule has 2 rings (SSSR count). The number of carbonyl (C=O) groups is 2. The molecular weight excluding hydrogens is 444 g/mol. The summed E-state index contributed by atoms with van der Waals surface area (Å²) < 4.78 is 5.47. The van der Waals surface area contributed by atoms with Crippen molar-refractivity contribution in [3.63, 3.8) is 0 Å². The first-order chi connectivity index (χ1) is 11.9. The molecule has 1 aliphatic heterocycles. The van der Waals surface area contributed by atoms with E-state index < -0.39 is 11.6 Å². The summed E-state index contributed by atoms with van der Waals surface area (Å²) >= 11 is 6.13. The van der Waals surface area contributed by atoms with E-state index in [1.165, 1.54) is 11.1 Å². The summed E-state index contributed by atoms with van der Waals surface area (Å²) in [5.74, 6) is 0.151. The second-order valence-corrected chi connectivity index (χ2v) is 6.81. The van der Waals surface area contributed by atoms with Gasteiger partial charge in [-0.2, -0.15) is 0 Å². The van der Waals surface area contributed by atoms with Gasteiger partial charge in [-0.15, -0.1) is 0 Å². The van der Waals surface area contributed by atoms with Crippen LogP contribution in [-0.4, -0.2) is 35.4 Å². The van der Waals surface area contributed by atoms with Gasteiger partial charge in [0.2, 0.25) is 0 Å². The zero-order valence-corrected chi connectivity index (χ0v) is 23.7. The molecule has 0 aliphatic carbocycles. The SMILES string of the molecule is C=C(C)COc1cc(CN2OCC(C)(C)C2=O)c(Cl)cc1O.O=C([O-])[O-].[K+].[K+]. The Balaban J connectivity index is 0. The van der Waals surface area contributed by atoms with E-state index >= 15 is 0 Å². The molecule has 0 spiro atoms. The Morgan fingerprint density at radius 2 is 1.93 bits per heavy atom. The number of hydrogen-bond acceptors (Lipinski definition) is 7. The molecule has 0 saturated carbocycles. The van der Waals surface area contributed by atoms with Gasteiger partial charge in [0.05, 0.1) is 18.6 Å². The van der Waals surface area contributed by atoms with Crippen molar-refractivity contribution in [3.05, 3.63) is 34.9 Å². The fourth-order valence-electron chi connectivity index (χ4n) is 1.99. The number of aromatic hydroxyl groups is 1. The molecule has 8 nitrogen and oxygen atoms in total. The molecular formula is C17H20ClK2NO7. The third-order valence-corrected chi connectivity index (χ3v) is 3.65. The summed E-state index contributed by atoms with van der Waals surface area (Å²) in [6.07, 6.45) is -2.33. The molecule has 1 amide bonds. The number of ether oxygens (including phenoxy) is 1. The van der Waals surface area contributed by atoms with Crippen molar-refractivity contribution in [2.75, 3.05) is 13.2 Å². The van der Waals surface area contributed by atoms with E-state index in [1.54, 1.807) is 6.07 Å². The first kappa shape index (κ1) is 31.0. The van der Waals surface area contributed by atoms with E-state index in [0.717, 1.165) is 5.57 Å². The van der Waals surface area contributed by atoms with Crippen molar-refractivity contribution in [2.45, 2.75) is 27.3 Å². The minimum atomic E-state index is -2.33. The quantitative estimate of drug-likeness (QED) is 0.342. The third-order valence-electron chi connectivity index (χ3n) is 3.30. The molecule has 144 valence electrons. The average Bonchev–Trinajstić information content (AvgIpc) is 2.75. The van der Waals surface area contributed by atoms with Crippen LogP contribution in [0.15, 0.2) is 24.3 Å². The molecule has 0 radical (unpaired) electrons. The smallest absolute Gasteiger partial charge is 0.652 e. The molecule has 1 heterocycles. The summed E-state index contributed by atoms with van der Waals surface area (Å²) in [4.78, 5) is 25.9. The number of benzene rings is 1. The van der Waals surface area contributed by atoms with Gasteiger partial charge in [-0.3, -0.25) is 9.63 Å². The van der Waals surface area contributed by atoms with Gasteiger partial charge in [0.25, 0.3) is 5.91 Å². The molecule has 1 aliphatic rings. The second kappa shape index (κ2) is 14.0. The Morgan fingerprint density at radius 3 is 2.36 bits per heavy atom. The summed E-state index contributed by atoms with van der Waals surface area (Å²) in [5, 5.41) is 28.2. The van der Waals surface area contributed by atoms with Crippen LogP contribution in [0.4, 0.5) is 4.79 Å². The Kier molecular flexibility index (Phi) is 15.5.